The number of H-pyrrole nitrogens is 1. The Bertz CT molecular complexity index is 952. The molecule has 1 aliphatic carbocycles. The number of hydrogen-bond acceptors (Lipinski definition) is 3. The summed E-state index contributed by atoms with van der Waals surface area (Å²) in [7, 11) is 1.66. The summed E-state index contributed by atoms with van der Waals surface area (Å²) in [6.07, 6.45) is 8.76. The number of nitrogens with zero attached hydrogens (tertiary/aromatic N) is 1. The van der Waals surface area contributed by atoms with Crippen LogP contribution >= 0.6 is 23.2 Å². The Kier molecular flexibility index (Phi) is 5.28. The van der Waals surface area contributed by atoms with Gasteiger partial charge in [0.2, 0.25) is 0 Å². The molecule has 0 amide bonds. The lowest BCUT2D eigenvalue weighted by molar-refractivity contribution is 0.200. The van der Waals surface area contributed by atoms with Crippen molar-refractivity contribution in [1.29, 1.82) is 0 Å². The summed E-state index contributed by atoms with van der Waals surface area (Å²) in [4.78, 5) is 7.79. The first-order chi connectivity index (χ1) is 13.1. The van der Waals surface area contributed by atoms with Crippen LogP contribution in [0.5, 0.6) is 11.5 Å². The molecular weight excluding hydrogens is 383 g/mol. The van der Waals surface area contributed by atoms with Crippen LogP contribution in [0.3, 0.4) is 0 Å². The van der Waals surface area contributed by atoms with E-state index >= 15 is 0 Å². The summed E-state index contributed by atoms with van der Waals surface area (Å²) in [5.41, 5.74) is 2.58. The van der Waals surface area contributed by atoms with Crippen LogP contribution in [0.15, 0.2) is 30.3 Å². The van der Waals surface area contributed by atoms with Gasteiger partial charge in [0.05, 0.1) is 34.3 Å². The van der Waals surface area contributed by atoms with Crippen molar-refractivity contribution in [1.82, 2.24) is 9.97 Å². The maximum Gasteiger partial charge on any atom is 0.168 e. The lowest BCUT2D eigenvalue weighted by Crippen LogP contribution is -2.12. The van der Waals surface area contributed by atoms with Gasteiger partial charge in [-0.3, -0.25) is 0 Å². The van der Waals surface area contributed by atoms with E-state index in [1.807, 2.05) is 30.4 Å². The normalized spacial score (nSPS) is 15.1. The Morgan fingerprint density at radius 1 is 1.11 bits per heavy atom. The van der Waals surface area contributed by atoms with Crippen LogP contribution in [0.4, 0.5) is 0 Å². The van der Waals surface area contributed by atoms with Crippen LogP contribution in [0.25, 0.3) is 23.2 Å². The zero-order chi connectivity index (χ0) is 18.8. The second-order valence-corrected chi connectivity index (χ2v) is 7.46. The highest BCUT2D eigenvalue weighted by Gasteiger charge is 2.20. The zero-order valence-electron chi connectivity index (χ0n) is 15.0. The van der Waals surface area contributed by atoms with Gasteiger partial charge in [-0.2, -0.15) is 0 Å². The van der Waals surface area contributed by atoms with E-state index in [1.54, 1.807) is 19.2 Å². The van der Waals surface area contributed by atoms with E-state index in [9.17, 15) is 0 Å². The number of halogens is 2. The van der Waals surface area contributed by atoms with E-state index in [0.29, 0.717) is 10.0 Å². The van der Waals surface area contributed by atoms with Crippen LogP contribution < -0.4 is 9.47 Å². The first-order valence-electron chi connectivity index (χ1n) is 9.00. The van der Waals surface area contributed by atoms with Crippen LogP contribution in [0.1, 0.15) is 37.1 Å². The van der Waals surface area contributed by atoms with Crippen LogP contribution in [-0.2, 0) is 0 Å². The number of nitrogens with one attached hydrogen (secondary N) is 1. The van der Waals surface area contributed by atoms with Gasteiger partial charge >= 0.3 is 0 Å². The van der Waals surface area contributed by atoms with Crippen LogP contribution in [-0.4, -0.2) is 23.2 Å². The topological polar surface area (TPSA) is 47.1 Å². The Labute approximate surface area is 168 Å². The van der Waals surface area contributed by atoms with Crippen LogP contribution in [0, 0.1) is 0 Å². The van der Waals surface area contributed by atoms with Gasteiger partial charge in [0.1, 0.15) is 5.82 Å². The highest BCUT2D eigenvalue weighted by Crippen LogP contribution is 2.36. The third kappa shape index (κ3) is 3.92. The summed E-state index contributed by atoms with van der Waals surface area (Å²) in [5.74, 6) is 2.25. The van der Waals surface area contributed by atoms with E-state index in [2.05, 4.69) is 9.97 Å². The van der Waals surface area contributed by atoms with Gasteiger partial charge in [-0.25, -0.2) is 4.98 Å². The van der Waals surface area contributed by atoms with Gasteiger partial charge in [0, 0.05) is 5.56 Å². The number of rotatable bonds is 5. The van der Waals surface area contributed by atoms with Gasteiger partial charge in [-0.05, 0) is 56.0 Å². The Hall–Kier alpha value is -2.17. The summed E-state index contributed by atoms with van der Waals surface area (Å²) in [6, 6.07) is 9.43. The number of benzene rings is 2. The average Bonchev–Trinajstić information content (AvgIpc) is 3.30. The van der Waals surface area contributed by atoms with Crippen molar-refractivity contribution < 1.29 is 9.47 Å². The number of imidazole rings is 1. The summed E-state index contributed by atoms with van der Waals surface area (Å²) >= 11 is 12.1. The molecule has 2 aromatic carbocycles. The minimum absolute atomic E-state index is 0.254. The van der Waals surface area contributed by atoms with E-state index in [0.717, 1.165) is 46.8 Å². The first kappa shape index (κ1) is 18.2. The zero-order valence-corrected chi connectivity index (χ0v) is 16.5. The van der Waals surface area contributed by atoms with Crippen molar-refractivity contribution >= 4 is 46.4 Å². The predicted octanol–water partition coefficient (Wildman–Crippen LogP) is 6.37. The van der Waals surface area contributed by atoms with E-state index in [1.165, 1.54) is 12.8 Å². The van der Waals surface area contributed by atoms with Gasteiger partial charge < -0.3 is 14.5 Å². The first-order valence-corrected chi connectivity index (χ1v) is 9.76. The molecule has 140 valence electrons. The molecular formula is C21H20Cl2N2O2. The minimum Gasteiger partial charge on any atom is -0.493 e. The minimum atomic E-state index is 0.254. The van der Waals surface area contributed by atoms with E-state index in [-0.39, 0.29) is 6.10 Å². The number of aromatic nitrogens is 2. The standard InChI is InChI=1S/C21H20Cl2N2O2/c1-26-19-8-4-5-13(21(19)27-14-6-2-3-7-14)9-10-20-24-17-11-15(22)16(23)12-18(17)25-20/h4-5,8-12,14H,2-3,6-7H2,1H3,(H,24,25)/b10-9+. The lowest BCUT2D eigenvalue weighted by Gasteiger charge is -2.18. The third-order valence-electron chi connectivity index (χ3n) is 4.78. The number of methoxy groups -OCH3 is 1. The molecule has 6 heteroatoms. The molecule has 0 spiro atoms. The fourth-order valence-electron chi connectivity index (χ4n) is 3.40. The van der Waals surface area contributed by atoms with Crippen molar-refractivity contribution in [2.75, 3.05) is 7.11 Å². The molecule has 1 aliphatic rings. The maximum absolute atomic E-state index is 6.27. The molecule has 4 nitrogen and oxygen atoms in total. The number of hydrogen-bond donors (Lipinski definition) is 1. The SMILES string of the molecule is COc1cccc(/C=C/c2nc3cc(Cl)c(Cl)cc3[nH]2)c1OC1CCCC1. The van der Waals surface area contributed by atoms with Crippen molar-refractivity contribution in [2.24, 2.45) is 0 Å². The van der Waals surface area contributed by atoms with Gasteiger partial charge in [-0.1, -0.05) is 35.3 Å². The summed E-state index contributed by atoms with van der Waals surface area (Å²) in [6.45, 7) is 0. The van der Waals surface area contributed by atoms with E-state index < -0.39 is 0 Å². The number of para-hydroxylation sites is 1. The smallest absolute Gasteiger partial charge is 0.168 e. The summed E-state index contributed by atoms with van der Waals surface area (Å²) < 4.78 is 11.8. The molecule has 1 fully saturated rings. The van der Waals surface area contributed by atoms with Gasteiger partial charge in [-0.15, -0.1) is 0 Å². The van der Waals surface area contributed by atoms with Crippen molar-refractivity contribution in [3.8, 4) is 11.5 Å². The quantitative estimate of drug-likeness (QED) is 0.539. The largest absolute Gasteiger partial charge is 0.493 e. The lowest BCUT2D eigenvalue weighted by atomic mass is 10.1. The fraction of sp³-hybridized carbons (Fsp3) is 0.286. The van der Waals surface area contributed by atoms with E-state index in [4.69, 9.17) is 32.7 Å². The van der Waals surface area contributed by atoms with Crippen molar-refractivity contribution in [3.63, 3.8) is 0 Å². The molecule has 1 N–H and O–H groups in total. The van der Waals surface area contributed by atoms with Gasteiger partial charge in [0.25, 0.3) is 0 Å². The molecule has 1 saturated carbocycles. The number of aromatic amines is 1. The molecule has 0 unspecified atom stereocenters. The summed E-state index contributed by atoms with van der Waals surface area (Å²) in [5, 5.41) is 0.995. The molecule has 1 aromatic heterocycles. The molecule has 0 saturated heterocycles. The van der Waals surface area contributed by atoms with Crippen molar-refractivity contribution in [3.05, 3.63) is 51.8 Å². The molecule has 0 radical (unpaired) electrons. The Balaban J connectivity index is 1.65. The Morgan fingerprint density at radius 2 is 1.89 bits per heavy atom. The highest BCUT2D eigenvalue weighted by atomic mass is 35.5. The average molecular weight is 403 g/mol. The fourth-order valence-corrected chi connectivity index (χ4v) is 3.72. The maximum atomic E-state index is 6.27. The number of fused-ring (bicyclic) bond motifs is 1. The molecule has 3 aromatic rings. The molecule has 0 atom stereocenters. The van der Waals surface area contributed by atoms with Gasteiger partial charge in [0.15, 0.2) is 11.5 Å². The number of ether oxygens (including phenoxy) is 2. The van der Waals surface area contributed by atoms with Crippen molar-refractivity contribution in [2.45, 2.75) is 31.8 Å². The Morgan fingerprint density at radius 3 is 2.67 bits per heavy atom. The molecule has 4 rings (SSSR count). The highest BCUT2D eigenvalue weighted by molar-refractivity contribution is 6.42. The molecule has 27 heavy (non-hydrogen) atoms. The second-order valence-electron chi connectivity index (χ2n) is 6.64. The van der Waals surface area contributed by atoms with Crippen LogP contribution in [0.2, 0.25) is 10.0 Å². The molecule has 1 heterocycles. The molecule has 0 bridgehead atoms. The monoisotopic (exact) mass is 402 g/mol. The predicted molar refractivity (Wildman–Crippen MR) is 111 cm³/mol. The second kappa shape index (κ2) is 7.83. The molecule has 0 aliphatic heterocycles. The third-order valence-corrected chi connectivity index (χ3v) is 5.50.